The number of piperidine rings is 1. The third-order valence-electron chi connectivity index (χ3n) is 4.98. The Morgan fingerprint density at radius 2 is 1.67 bits per heavy atom. The Morgan fingerprint density at radius 3 is 2.22 bits per heavy atom. The summed E-state index contributed by atoms with van der Waals surface area (Å²) >= 11 is 0. The Hall–Kier alpha value is -2.90. The number of carbonyl (C=O) groups is 4. The first kappa shape index (κ1) is 17.5. The second kappa shape index (κ2) is 5.80. The van der Waals surface area contributed by atoms with Crippen LogP contribution in [-0.2, 0) is 14.4 Å². The van der Waals surface area contributed by atoms with Gasteiger partial charge in [-0.3, -0.25) is 9.59 Å². The predicted molar refractivity (Wildman–Crippen MR) is 91.4 cm³/mol. The fraction of sp³-hybridized carbons (Fsp3) is 0.474. The number of hydroxylamine groups is 2. The molecule has 0 radical (unpaired) electrons. The second-order valence-corrected chi connectivity index (χ2v) is 8.07. The first-order valence-electron chi connectivity index (χ1n) is 8.86. The predicted octanol–water partition coefficient (Wildman–Crippen LogP) is 2.00. The van der Waals surface area contributed by atoms with Gasteiger partial charge in [0.25, 0.3) is 11.8 Å². The van der Waals surface area contributed by atoms with E-state index in [0.717, 1.165) is 0 Å². The number of fused-ring (bicyclic) bond motifs is 2. The minimum Gasteiger partial charge on any atom is -0.444 e. The van der Waals surface area contributed by atoms with Gasteiger partial charge in [0.1, 0.15) is 5.60 Å². The summed E-state index contributed by atoms with van der Waals surface area (Å²) in [5.41, 5.74) is -0.206. The van der Waals surface area contributed by atoms with Crippen LogP contribution in [0.3, 0.4) is 0 Å². The fourth-order valence-corrected chi connectivity index (χ4v) is 3.66. The summed E-state index contributed by atoms with van der Waals surface area (Å²) in [6, 6.07) is 6.25. The van der Waals surface area contributed by atoms with Crippen LogP contribution in [0.2, 0.25) is 0 Å². The zero-order valence-electron chi connectivity index (χ0n) is 15.3. The highest BCUT2D eigenvalue weighted by Gasteiger charge is 2.59. The third kappa shape index (κ3) is 2.94. The molecule has 3 aliphatic rings. The lowest BCUT2D eigenvalue weighted by atomic mass is 10.1. The molecule has 3 amide bonds. The zero-order chi connectivity index (χ0) is 19.5. The summed E-state index contributed by atoms with van der Waals surface area (Å²) in [4.78, 5) is 56.2. The standard InChI is InChI=1S/C19H20N2O6/c1-19(2,3)26-18(25)20-9-13(12-8-14(12)20)17(24)27-21-15(22)10-6-4-5-7-11(10)16(21)23/h4-7,12-14H,8-9H2,1-3H3. The molecule has 8 nitrogen and oxygen atoms in total. The van der Waals surface area contributed by atoms with Crippen molar-refractivity contribution in [3.8, 4) is 0 Å². The van der Waals surface area contributed by atoms with Crippen molar-refractivity contribution in [1.29, 1.82) is 0 Å². The first-order chi connectivity index (χ1) is 12.7. The number of hydrogen-bond donors (Lipinski definition) is 0. The van der Waals surface area contributed by atoms with Crippen LogP contribution in [0.1, 0.15) is 47.9 Å². The van der Waals surface area contributed by atoms with Crippen molar-refractivity contribution in [2.45, 2.75) is 38.8 Å². The topological polar surface area (TPSA) is 93.2 Å². The van der Waals surface area contributed by atoms with E-state index in [0.29, 0.717) is 11.5 Å². The molecule has 142 valence electrons. The van der Waals surface area contributed by atoms with E-state index in [9.17, 15) is 19.2 Å². The van der Waals surface area contributed by atoms with Crippen molar-refractivity contribution in [2.75, 3.05) is 6.54 Å². The highest BCUT2D eigenvalue weighted by Crippen LogP contribution is 2.49. The van der Waals surface area contributed by atoms with E-state index in [1.54, 1.807) is 32.9 Å². The number of hydrogen-bond acceptors (Lipinski definition) is 6. The van der Waals surface area contributed by atoms with E-state index in [2.05, 4.69) is 0 Å². The molecule has 0 bridgehead atoms. The monoisotopic (exact) mass is 372 g/mol. The highest BCUT2D eigenvalue weighted by atomic mass is 16.7. The van der Waals surface area contributed by atoms with Crippen LogP contribution >= 0.6 is 0 Å². The number of likely N-dealkylation sites (tertiary alicyclic amines) is 1. The summed E-state index contributed by atoms with van der Waals surface area (Å²) in [5.74, 6) is -2.59. The number of amides is 3. The smallest absolute Gasteiger partial charge is 0.410 e. The van der Waals surface area contributed by atoms with Gasteiger partial charge in [-0.15, -0.1) is 0 Å². The van der Waals surface area contributed by atoms with Gasteiger partial charge in [0, 0.05) is 12.6 Å². The SMILES string of the molecule is CC(C)(C)OC(=O)N1CC(C(=O)ON2C(=O)c3ccccc3C2=O)C2CC21. The van der Waals surface area contributed by atoms with Crippen molar-refractivity contribution in [1.82, 2.24) is 9.96 Å². The molecule has 1 saturated carbocycles. The maximum atomic E-state index is 12.6. The van der Waals surface area contributed by atoms with Gasteiger partial charge < -0.3 is 14.5 Å². The van der Waals surface area contributed by atoms with Crippen LogP contribution in [0.4, 0.5) is 4.79 Å². The second-order valence-electron chi connectivity index (χ2n) is 8.07. The van der Waals surface area contributed by atoms with Gasteiger partial charge in [0.15, 0.2) is 0 Å². The van der Waals surface area contributed by atoms with Crippen LogP contribution in [0.15, 0.2) is 24.3 Å². The lowest BCUT2D eigenvalue weighted by Gasteiger charge is -2.26. The van der Waals surface area contributed by atoms with E-state index in [-0.39, 0.29) is 29.6 Å². The molecule has 1 saturated heterocycles. The Balaban J connectivity index is 1.43. The number of benzene rings is 1. The maximum Gasteiger partial charge on any atom is 0.410 e. The molecule has 0 spiro atoms. The Morgan fingerprint density at radius 1 is 1.07 bits per heavy atom. The van der Waals surface area contributed by atoms with E-state index in [1.165, 1.54) is 17.0 Å². The minimum absolute atomic E-state index is 0.0276. The molecular weight excluding hydrogens is 352 g/mol. The molecule has 8 heteroatoms. The summed E-state index contributed by atoms with van der Waals surface area (Å²) in [6.45, 7) is 5.49. The molecule has 2 heterocycles. The summed E-state index contributed by atoms with van der Waals surface area (Å²) < 4.78 is 5.37. The molecule has 1 aromatic carbocycles. The quantitative estimate of drug-likeness (QED) is 0.737. The van der Waals surface area contributed by atoms with Crippen LogP contribution in [0.5, 0.6) is 0 Å². The van der Waals surface area contributed by atoms with Crippen molar-refractivity contribution < 1.29 is 28.8 Å². The third-order valence-corrected chi connectivity index (χ3v) is 4.98. The number of ether oxygens (including phenoxy) is 1. The minimum atomic E-state index is -0.678. The van der Waals surface area contributed by atoms with Crippen LogP contribution in [0, 0.1) is 11.8 Å². The average molecular weight is 372 g/mol. The molecular formula is C19H20N2O6. The van der Waals surface area contributed by atoms with Crippen LogP contribution in [0.25, 0.3) is 0 Å². The largest absolute Gasteiger partial charge is 0.444 e. The fourth-order valence-electron chi connectivity index (χ4n) is 3.66. The number of rotatable bonds is 2. The molecule has 2 aliphatic heterocycles. The molecule has 1 aromatic rings. The van der Waals surface area contributed by atoms with E-state index < -0.39 is 35.4 Å². The maximum absolute atomic E-state index is 12.6. The van der Waals surface area contributed by atoms with Gasteiger partial charge >= 0.3 is 12.1 Å². The van der Waals surface area contributed by atoms with Crippen molar-refractivity contribution in [2.24, 2.45) is 11.8 Å². The summed E-state index contributed by atoms with van der Waals surface area (Å²) in [6.07, 6.45) is 0.215. The number of carbonyl (C=O) groups excluding carboxylic acids is 4. The normalized spacial score (nSPS) is 26.0. The molecule has 2 fully saturated rings. The molecule has 3 unspecified atom stereocenters. The number of nitrogens with zero attached hydrogens (tertiary/aromatic N) is 2. The van der Waals surface area contributed by atoms with Crippen LogP contribution in [-0.4, -0.2) is 52.0 Å². The van der Waals surface area contributed by atoms with E-state index >= 15 is 0 Å². The number of imide groups is 1. The van der Waals surface area contributed by atoms with Crippen LogP contribution < -0.4 is 0 Å². The average Bonchev–Trinajstić information content (AvgIpc) is 3.23. The van der Waals surface area contributed by atoms with Crippen molar-refractivity contribution >= 4 is 23.9 Å². The van der Waals surface area contributed by atoms with Gasteiger partial charge in [-0.2, -0.15) is 0 Å². The molecule has 1 aliphatic carbocycles. The molecule has 0 aromatic heterocycles. The molecule has 0 N–H and O–H groups in total. The van der Waals surface area contributed by atoms with Gasteiger partial charge in [0.2, 0.25) is 0 Å². The highest BCUT2D eigenvalue weighted by molar-refractivity contribution is 6.20. The van der Waals surface area contributed by atoms with Crippen molar-refractivity contribution in [3.63, 3.8) is 0 Å². The van der Waals surface area contributed by atoms with Gasteiger partial charge in [-0.05, 0) is 45.2 Å². The van der Waals surface area contributed by atoms with Gasteiger partial charge in [-0.25, -0.2) is 9.59 Å². The van der Waals surface area contributed by atoms with Gasteiger partial charge in [0.05, 0.1) is 17.0 Å². The molecule has 27 heavy (non-hydrogen) atoms. The lowest BCUT2D eigenvalue weighted by Crippen LogP contribution is -2.40. The molecule has 4 rings (SSSR count). The van der Waals surface area contributed by atoms with E-state index in [4.69, 9.17) is 9.57 Å². The molecule has 3 atom stereocenters. The Kier molecular flexibility index (Phi) is 3.76. The lowest BCUT2D eigenvalue weighted by molar-refractivity contribution is -0.174. The van der Waals surface area contributed by atoms with Gasteiger partial charge in [-0.1, -0.05) is 17.2 Å². The first-order valence-corrected chi connectivity index (χ1v) is 8.86. The summed E-state index contributed by atoms with van der Waals surface area (Å²) in [5, 5.41) is 0.514. The van der Waals surface area contributed by atoms with Crippen molar-refractivity contribution in [3.05, 3.63) is 35.4 Å². The Bertz CT molecular complexity index is 823. The van der Waals surface area contributed by atoms with E-state index in [1.807, 2.05) is 0 Å². The zero-order valence-corrected chi connectivity index (χ0v) is 15.3. The Labute approximate surface area is 156 Å². The summed E-state index contributed by atoms with van der Waals surface area (Å²) in [7, 11) is 0.